The number of aliphatic hydroxyl groups excluding tert-OH is 2. The Labute approximate surface area is 221 Å². The van der Waals surface area contributed by atoms with Crippen LogP contribution in [0.25, 0.3) is 0 Å². The molecule has 13 nitrogen and oxygen atoms in total. The Morgan fingerprint density at radius 3 is 2.51 bits per heavy atom. The lowest BCUT2D eigenvalue weighted by atomic mass is 10.1. The van der Waals surface area contributed by atoms with Crippen LogP contribution in [-0.2, 0) is 32.7 Å². The molecule has 6 atom stereocenters. The van der Waals surface area contributed by atoms with Gasteiger partial charge in [-0.15, -0.1) is 11.8 Å². The predicted molar refractivity (Wildman–Crippen MR) is 138 cm³/mol. The summed E-state index contributed by atoms with van der Waals surface area (Å²) in [6.07, 6.45) is 0.879. The summed E-state index contributed by atoms with van der Waals surface area (Å²) >= 11 is 1.15. The summed E-state index contributed by atoms with van der Waals surface area (Å²) in [6.45, 7) is 9.96. The standard InChI is InChI=1S/C22H37N4O9PS/c1-6-32-18(27)12-35-36(31,25-15(10-13(3)4)22(30)33-7-2)34-11-16-19(28)20(29)21(37-16)26-9-8-17(23)24-14(26)5/h8-9,13,15-16,19-21,28-29H,5-7,10-12H2,1-4H3,(H2,23,24)(H,25,31)/t15-,16+,19+,20-,21+,36?/m0/s1. The molecule has 2 rings (SSSR count). The van der Waals surface area contributed by atoms with Gasteiger partial charge in [0.15, 0.2) is 6.61 Å². The zero-order valence-electron chi connectivity index (χ0n) is 21.4. The van der Waals surface area contributed by atoms with Gasteiger partial charge in [-0.2, -0.15) is 0 Å². The van der Waals surface area contributed by atoms with E-state index in [0.717, 1.165) is 11.8 Å². The summed E-state index contributed by atoms with van der Waals surface area (Å²) in [6, 6.07) is -1.04. The molecule has 0 aromatic carbocycles. The number of thioether (sulfide) groups is 1. The normalized spacial score (nSPS) is 26.1. The number of amidine groups is 1. The first-order chi connectivity index (χ1) is 17.4. The van der Waals surface area contributed by atoms with Crippen molar-refractivity contribution >= 4 is 37.3 Å². The molecule has 0 aromatic rings. The quantitative estimate of drug-likeness (QED) is 0.174. The number of aliphatic hydroxyl groups is 2. The minimum Gasteiger partial charge on any atom is -0.465 e. The molecule has 2 aliphatic rings. The third kappa shape index (κ3) is 9.10. The van der Waals surface area contributed by atoms with Gasteiger partial charge in [0, 0.05) is 6.20 Å². The molecule has 1 saturated heterocycles. The zero-order chi connectivity index (χ0) is 27.8. The highest BCUT2D eigenvalue weighted by atomic mass is 32.2. The molecule has 2 heterocycles. The van der Waals surface area contributed by atoms with Gasteiger partial charge in [-0.3, -0.25) is 13.8 Å². The Morgan fingerprint density at radius 1 is 1.24 bits per heavy atom. The third-order valence-corrected chi connectivity index (χ3v) is 8.37. The highest BCUT2D eigenvalue weighted by Gasteiger charge is 2.47. The van der Waals surface area contributed by atoms with E-state index in [-0.39, 0.29) is 43.8 Å². The Balaban J connectivity index is 2.16. The van der Waals surface area contributed by atoms with Crippen LogP contribution in [0, 0.1) is 5.92 Å². The van der Waals surface area contributed by atoms with Crippen molar-refractivity contribution in [1.29, 1.82) is 0 Å². The molecule has 210 valence electrons. The lowest BCUT2D eigenvalue weighted by Crippen LogP contribution is -2.41. The van der Waals surface area contributed by atoms with E-state index in [9.17, 15) is 24.4 Å². The molecule has 1 unspecified atom stereocenters. The van der Waals surface area contributed by atoms with Crippen LogP contribution >= 0.6 is 19.5 Å². The maximum Gasteiger partial charge on any atom is 0.406 e. The van der Waals surface area contributed by atoms with Crippen molar-refractivity contribution in [3.05, 3.63) is 24.7 Å². The molecular formula is C22H37N4O9PS. The molecule has 0 aliphatic carbocycles. The molecule has 5 N–H and O–H groups in total. The van der Waals surface area contributed by atoms with Gasteiger partial charge >= 0.3 is 19.7 Å². The molecule has 0 aromatic heterocycles. The molecule has 0 saturated carbocycles. The van der Waals surface area contributed by atoms with Crippen LogP contribution in [0.5, 0.6) is 0 Å². The van der Waals surface area contributed by atoms with Crippen molar-refractivity contribution in [3.63, 3.8) is 0 Å². The van der Waals surface area contributed by atoms with Gasteiger partial charge in [0.1, 0.15) is 29.2 Å². The van der Waals surface area contributed by atoms with Crippen LogP contribution in [0.1, 0.15) is 34.1 Å². The maximum absolute atomic E-state index is 13.6. The molecule has 1 fully saturated rings. The average Bonchev–Trinajstić information content (AvgIpc) is 3.10. The van der Waals surface area contributed by atoms with E-state index >= 15 is 0 Å². The predicted octanol–water partition coefficient (Wildman–Crippen LogP) is 1.08. The van der Waals surface area contributed by atoms with Crippen molar-refractivity contribution in [1.82, 2.24) is 9.99 Å². The number of ether oxygens (including phenoxy) is 2. The van der Waals surface area contributed by atoms with E-state index in [4.69, 9.17) is 24.3 Å². The number of nitrogens with two attached hydrogens (primary N) is 1. The van der Waals surface area contributed by atoms with Crippen molar-refractivity contribution in [2.75, 3.05) is 26.4 Å². The van der Waals surface area contributed by atoms with Gasteiger partial charge in [-0.1, -0.05) is 20.4 Å². The van der Waals surface area contributed by atoms with Crippen molar-refractivity contribution in [2.24, 2.45) is 16.6 Å². The van der Waals surface area contributed by atoms with E-state index in [1.165, 1.54) is 6.08 Å². The minimum absolute atomic E-state index is 0.0194. The zero-order valence-corrected chi connectivity index (χ0v) is 23.2. The molecule has 15 heteroatoms. The fraction of sp³-hybridized carbons (Fsp3) is 0.682. The number of carbonyl (C=O) groups excluding carboxylic acids is 2. The second-order valence-electron chi connectivity index (χ2n) is 8.66. The SMILES string of the molecule is C=C1N=C(N)C=CN1[C@@H]1S[C@H](COP(=O)(N[C@@H](CC(C)C)C(=O)OCC)OCC(=O)OCC)[C@@H](O)[C@@H]1O. The fourth-order valence-electron chi connectivity index (χ4n) is 3.55. The molecule has 0 spiro atoms. The van der Waals surface area contributed by atoms with Gasteiger partial charge in [0.25, 0.3) is 0 Å². The van der Waals surface area contributed by atoms with E-state index < -0.39 is 55.2 Å². The Kier molecular flexibility index (Phi) is 12.1. The number of esters is 2. The van der Waals surface area contributed by atoms with E-state index in [2.05, 4.69) is 16.7 Å². The minimum atomic E-state index is -4.30. The molecule has 37 heavy (non-hydrogen) atoms. The first-order valence-corrected chi connectivity index (χ1v) is 14.4. The van der Waals surface area contributed by atoms with Gasteiger partial charge in [-0.25, -0.2) is 19.4 Å². The molecule has 0 amide bonds. The number of hydrogen-bond donors (Lipinski definition) is 4. The lowest BCUT2D eigenvalue weighted by molar-refractivity contribution is -0.145. The van der Waals surface area contributed by atoms with E-state index in [0.29, 0.717) is 0 Å². The topological polar surface area (TPSA) is 182 Å². The Bertz CT molecular complexity index is 932. The summed E-state index contributed by atoms with van der Waals surface area (Å²) in [5.74, 6) is -0.874. The lowest BCUT2D eigenvalue weighted by Gasteiger charge is -2.30. The largest absolute Gasteiger partial charge is 0.465 e. The highest BCUT2D eigenvalue weighted by Crippen LogP contribution is 2.47. The number of hydrogen-bond acceptors (Lipinski definition) is 13. The average molecular weight is 565 g/mol. The number of rotatable bonds is 14. The number of carbonyl (C=O) groups is 2. The van der Waals surface area contributed by atoms with Crippen LogP contribution in [0.2, 0.25) is 0 Å². The monoisotopic (exact) mass is 564 g/mol. The maximum atomic E-state index is 13.6. The van der Waals surface area contributed by atoms with Crippen LogP contribution < -0.4 is 10.8 Å². The molecule has 2 aliphatic heterocycles. The van der Waals surface area contributed by atoms with Gasteiger partial charge in [0.2, 0.25) is 0 Å². The van der Waals surface area contributed by atoms with Crippen LogP contribution in [0.3, 0.4) is 0 Å². The smallest absolute Gasteiger partial charge is 0.406 e. The molecular weight excluding hydrogens is 527 g/mol. The summed E-state index contributed by atoms with van der Waals surface area (Å²) in [7, 11) is -4.30. The van der Waals surface area contributed by atoms with Crippen LogP contribution in [0.15, 0.2) is 29.7 Å². The van der Waals surface area contributed by atoms with Crippen LogP contribution in [-0.4, -0.2) is 88.2 Å². The fourth-order valence-corrected chi connectivity index (χ4v) is 6.57. The van der Waals surface area contributed by atoms with Crippen molar-refractivity contribution < 1.29 is 42.9 Å². The summed E-state index contributed by atoms with van der Waals surface area (Å²) in [4.78, 5) is 30.0. The van der Waals surface area contributed by atoms with E-state index in [1.54, 1.807) is 24.9 Å². The van der Waals surface area contributed by atoms with Crippen molar-refractivity contribution in [3.8, 4) is 0 Å². The summed E-state index contributed by atoms with van der Waals surface area (Å²) in [5.41, 5.74) is 5.67. The van der Waals surface area contributed by atoms with Crippen LogP contribution in [0.4, 0.5) is 0 Å². The Hall–Kier alpha value is -1.93. The second kappa shape index (κ2) is 14.3. The number of nitrogens with zero attached hydrogens (tertiary/aromatic N) is 2. The molecule has 0 bridgehead atoms. The third-order valence-electron chi connectivity index (χ3n) is 5.23. The first-order valence-electron chi connectivity index (χ1n) is 11.9. The van der Waals surface area contributed by atoms with E-state index in [1.807, 2.05) is 13.8 Å². The van der Waals surface area contributed by atoms with Gasteiger partial charge in [0.05, 0.1) is 31.2 Å². The first kappa shape index (κ1) is 31.3. The van der Waals surface area contributed by atoms with Gasteiger partial charge in [-0.05, 0) is 32.3 Å². The summed E-state index contributed by atoms with van der Waals surface area (Å²) < 4.78 is 34.4. The van der Waals surface area contributed by atoms with Gasteiger partial charge < -0.3 is 30.3 Å². The molecule has 0 radical (unpaired) electrons. The Morgan fingerprint density at radius 2 is 1.92 bits per heavy atom. The van der Waals surface area contributed by atoms with Crippen molar-refractivity contribution in [2.45, 2.75) is 63.0 Å². The summed E-state index contributed by atoms with van der Waals surface area (Å²) in [5, 5.41) is 22.5. The highest BCUT2D eigenvalue weighted by molar-refractivity contribution is 8.00. The second-order valence-corrected chi connectivity index (χ2v) is 11.8. The number of nitrogens with one attached hydrogen (secondary N) is 1. The number of aliphatic imine (C=N–C) groups is 1.